The summed E-state index contributed by atoms with van der Waals surface area (Å²) in [6.45, 7) is 1.92. The predicted octanol–water partition coefficient (Wildman–Crippen LogP) is 3.77. The number of fused-ring (bicyclic) bond motifs is 1. The van der Waals surface area contributed by atoms with Crippen LogP contribution in [0, 0.1) is 6.92 Å². The number of pyridine rings is 1. The average molecular weight is 450 g/mol. The third-order valence-electron chi connectivity index (χ3n) is 5.92. The Kier molecular flexibility index (Phi) is 5.05. The Morgan fingerprint density at radius 1 is 1.06 bits per heavy atom. The fourth-order valence-corrected chi connectivity index (χ4v) is 5.58. The first-order chi connectivity index (χ1) is 15.4. The standard InChI is InChI=1S/C23H23N5O3S/c1-15-21(16-9-11-32(29,30)12-10-16)27-23-19(14-26-28(23)22(15)24)17-7-8-20(25-13-17)31-18-5-3-2-4-6-18/h2-8,13-14,16H,9-12,24H2,1H3. The molecule has 1 saturated heterocycles. The van der Waals surface area contributed by atoms with Crippen LogP contribution in [-0.2, 0) is 9.84 Å². The van der Waals surface area contributed by atoms with Crippen molar-refractivity contribution in [1.29, 1.82) is 0 Å². The van der Waals surface area contributed by atoms with E-state index in [4.69, 9.17) is 15.5 Å². The maximum atomic E-state index is 11.9. The van der Waals surface area contributed by atoms with Gasteiger partial charge in [0.2, 0.25) is 5.88 Å². The van der Waals surface area contributed by atoms with Crippen LogP contribution < -0.4 is 10.5 Å². The van der Waals surface area contributed by atoms with Gasteiger partial charge in [-0.1, -0.05) is 18.2 Å². The van der Waals surface area contributed by atoms with Crippen LogP contribution in [-0.4, -0.2) is 39.5 Å². The molecule has 0 unspecified atom stereocenters. The minimum Gasteiger partial charge on any atom is -0.439 e. The van der Waals surface area contributed by atoms with Crippen molar-refractivity contribution in [3.05, 3.63) is 66.1 Å². The molecule has 0 amide bonds. The number of hydrogen-bond acceptors (Lipinski definition) is 7. The molecule has 0 saturated carbocycles. The van der Waals surface area contributed by atoms with Gasteiger partial charge in [-0.3, -0.25) is 0 Å². The second kappa shape index (κ2) is 7.90. The summed E-state index contributed by atoms with van der Waals surface area (Å²) in [6.07, 6.45) is 4.56. The normalized spacial score (nSPS) is 16.3. The Balaban J connectivity index is 1.49. The van der Waals surface area contributed by atoms with Gasteiger partial charge in [-0.25, -0.2) is 18.4 Å². The van der Waals surface area contributed by atoms with Crippen molar-refractivity contribution in [2.45, 2.75) is 25.7 Å². The SMILES string of the molecule is Cc1c(C2CCS(=O)(=O)CC2)nc2c(-c3ccc(Oc4ccccc4)nc3)cnn2c1N. The molecule has 3 aromatic heterocycles. The third-order valence-corrected chi connectivity index (χ3v) is 7.64. The maximum Gasteiger partial charge on any atom is 0.219 e. The zero-order valence-electron chi connectivity index (χ0n) is 17.6. The summed E-state index contributed by atoms with van der Waals surface area (Å²) in [6, 6.07) is 13.2. The predicted molar refractivity (Wildman–Crippen MR) is 123 cm³/mol. The minimum absolute atomic E-state index is 0.0633. The van der Waals surface area contributed by atoms with E-state index in [1.54, 1.807) is 23.0 Å². The van der Waals surface area contributed by atoms with Crippen molar-refractivity contribution in [2.75, 3.05) is 17.2 Å². The number of ether oxygens (including phenoxy) is 1. The molecule has 2 N–H and O–H groups in total. The second-order valence-corrected chi connectivity index (χ2v) is 10.3. The molecule has 1 fully saturated rings. The molecular formula is C23H23N5O3S. The highest BCUT2D eigenvalue weighted by Crippen LogP contribution is 2.34. The molecule has 1 aliphatic rings. The number of rotatable bonds is 4. The molecular weight excluding hydrogens is 426 g/mol. The van der Waals surface area contributed by atoms with Gasteiger partial charge in [0.25, 0.3) is 0 Å². The number of anilines is 1. The Labute approximate surface area is 186 Å². The lowest BCUT2D eigenvalue weighted by Crippen LogP contribution is -2.24. The van der Waals surface area contributed by atoms with E-state index in [0.29, 0.717) is 35.9 Å². The topological polar surface area (TPSA) is 112 Å². The van der Waals surface area contributed by atoms with Crippen LogP contribution in [0.2, 0.25) is 0 Å². The van der Waals surface area contributed by atoms with E-state index in [1.807, 2.05) is 43.3 Å². The van der Waals surface area contributed by atoms with Crippen molar-refractivity contribution in [2.24, 2.45) is 0 Å². The Hall–Kier alpha value is -3.46. The minimum atomic E-state index is -2.95. The molecule has 1 aromatic carbocycles. The number of nitrogens with two attached hydrogens (primary N) is 1. The number of benzene rings is 1. The Morgan fingerprint density at radius 2 is 1.81 bits per heavy atom. The zero-order chi connectivity index (χ0) is 22.3. The van der Waals surface area contributed by atoms with Gasteiger partial charge in [-0.2, -0.15) is 9.61 Å². The van der Waals surface area contributed by atoms with Crippen LogP contribution in [0.15, 0.2) is 54.9 Å². The quantitative estimate of drug-likeness (QED) is 0.505. The molecule has 0 bridgehead atoms. The lowest BCUT2D eigenvalue weighted by atomic mass is 9.95. The van der Waals surface area contributed by atoms with E-state index in [0.717, 1.165) is 22.4 Å². The Bertz CT molecular complexity index is 1370. The maximum absolute atomic E-state index is 11.9. The van der Waals surface area contributed by atoms with Gasteiger partial charge in [0.05, 0.1) is 23.4 Å². The van der Waals surface area contributed by atoms with E-state index in [9.17, 15) is 8.42 Å². The van der Waals surface area contributed by atoms with E-state index in [2.05, 4.69) is 10.1 Å². The Morgan fingerprint density at radius 3 is 2.50 bits per heavy atom. The van der Waals surface area contributed by atoms with Crippen LogP contribution >= 0.6 is 0 Å². The first-order valence-electron chi connectivity index (χ1n) is 10.4. The number of hydrogen-bond donors (Lipinski definition) is 1. The molecule has 0 spiro atoms. The van der Waals surface area contributed by atoms with Crippen LogP contribution in [0.25, 0.3) is 16.8 Å². The lowest BCUT2D eigenvalue weighted by molar-refractivity contribution is 0.463. The molecule has 9 heteroatoms. The first kappa shape index (κ1) is 20.4. The number of para-hydroxylation sites is 1. The van der Waals surface area contributed by atoms with E-state index in [-0.39, 0.29) is 17.4 Å². The van der Waals surface area contributed by atoms with Gasteiger partial charge in [0.1, 0.15) is 21.4 Å². The summed E-state index contributed by atoms with van der Waals surface area (Å²) < 4.78 is 31.1. The zero-order valence-corrected chi connectivity index (χ0v) is 18.4. The van der Waals surface area contributed by atoms with Gasteiger partial charge < -0.3 is 10.5 Å². The van der Waals surface area contributed by atoms with Crippen LogP contribution in [0.3, 0.4) is 0 Å². The van der Waals surface area contributed by atoms with Gasteiger partial charge in [0.15, 0.2) is 5.65 Å². The van der Waals surface area contributed by atoms with E-state index < -0.39 is 9.84 Å². The highest BCUT2D eigenvalue weighted by atomic mass is 32.2. The van der Waals surface area contributed by atoms with Crippen LogP contribution in [0.1, 0.15) is 30.0 Å². The van der Waals surface area contributed by atoms with Crippen molar-refractivity contribution < 1.29 is 13.2 Å². The van der Waals surface area contributed by atoms with Gasteiger partial charge in [-0.05, 0) is 38.0 Å². The molecule has 32 heavy (non-hydrogen) atoms. The number of nitrogen functional groups attached to an aromatic ring is 1. The monoisotopic (exact) mass is 449 g/mol. The van der Waals surface area contributed by atoms with Crippen molar-refractivity contribution in [3.8, 4) is 22.8 Å². The van der Waals surface area contributed by atoms with Crippen LogP contribution in [0.4, 0.5) is 5.82 Å². The van der Waals surface area contributed by atoms with Gasteiger partial charge >= 0.3 is 0 Å². The van der Waals surface area contributed by atoms with Gasteiger partial charge in [0, 0.05) is 34.9 Å². The fraction of sp³-hybridized carbons (Fsp3) is 0.261. The highest BCUT2D eigenvalue weighted by molar-refractivity contribution is 7.91. The summed E-state index contributed by atoms with van der Waals surface area (Å²) in [7, 11) is -2.95. The lowest BCUT2D eigenvalue weighted by Gasteiger charge is -2.23. The average Bonchev–Trinajstić information content (AvgIpc) is 3.22. The summed E-state index contributed by atoms with van der Waals surface area (Å²) in [5, 5.41) is 4.43. The molecule has 8 nitrogen and oxygen atoms in total. The van der Waals surface area contributed by atoms with Gasteiger partial charge in [-0.15, -0.1) is 0 Å². The summed E-state index contributed by atoms with van der Waals surface area (Å²) in [5.41, 5.74) is 10.4. The molecule has 0 radical (unpaired) electrons. The first-order valence-corrected chi connectivity index (χ1v) is 12.3. The van der Waals surface area contributed by atoms with Crippen molar-refractivity contribution >= 4 is 21.3 Å². The molecule has 4 aromatic rings. The van der Waals surface area contributed by atoms with E-state index in [1.165, 1.54) is 0 Å². The molecule has 0 aliphatic carbocycles. The summed E-state index contributed by atoms with van der Waals surface area (Å²) in [5.74, 6) is 2.15. The number of aromatic nitrogens is 4. The molecule has 164 valence electrons. The summed E-state index contributed by atoms with van der Waals surface area (Å²) in [4.78, 5) is 9.32. The third kappa shape index (κ3) is 3.80. The van der Waals surface area contributed by atoms with Crippen LogP contribution in [0.5, 0.6) is 11.6 Å². The number of nitrogens with zero attached hydrogens (tertiary/aromatic N) is 4. The second-order valence-electron chi connectivity index (χ2n) is 8.03. The molecule has 0 atom stereocenters. The number of sulfone groups is 1. The summed E-state index contributed by atoms with van der Waals surface area (Å²) >= 11 is 0. The largest absolute Gasteiger partial charge is 0.439 e. The van der Waals surface area contributed by atoms with Crippen molar-refractivity contribution in [1.82, 2.24) is 19.6 Å². The molecule has 4 heterocycles. The van der Waals surface area contributed by atoms with Crippen molar-refractivity contribution in [3.63, 3.8) is 0 Å². The fourth-order valence-electron chi connectivity index (χ4n) is 4.09. The highest BCUT2D eigenvalue weighted by Gasteiger charge is 2.28. The smallest absolute Gasteiger partial charge is 0.219 e. The van der Waals surface area contributed by atoms with E-state index >= 15 is 0 Å². The molecule has 5 rings (SSSR count). The molecule has 1 aliphatic heterocycles.